The minimum atomic E-state index is -0.690. The first kappa shape index (κ1) is 19.2. The Kier molecular flexibility index (Phi) is 6.28. The molecule has 0 radical (unpaired) electrons. The van der Waals surface area contributed by atoms with Crippen molar-refractivity contribution in [2.75, 3.05) is 11.9 Å². The largest absolute Gasteiger partial charge is 0.462 e. The summed E-state index contributed by atoms with van der Waals surface area (Å²) in [5, 5.41) is 2.25. The number of rotatable bonds is 4. The zero-order valence-corrected chi connectivity index (χ0v) is 16.1. The summed E-state index contributed by atoms with van der Waals surface area (Å²) >= 11 is 24.4. The van der Waals surface area contributed by atoms with E-state index < -0.39 is 11.9 Å². The molecule has 0 aromatic carbocycles. The van der Waals surface area contributed by atoms with Gasteiger partial charge in [0.05, 0.1) is 27.4 Å². The van der Waals surface area contributed by atoms with Crippen LogP contribution in [0.5, 0.6) is 0 Å². The molecule has 128 valence electrons. The number of anilines is 1. The van der Waals surface area contributed by atoms with Crippen molar-refractivity contribution in [3.8, 4) is 0 Å². The Labute approximate surface area is 161 Å². The van der Waals surface area contributed by atoms with Crippen LogP contribution in [-0.4, -0.2) is 28.5 Å². The lowest BCUT2D eigenvalue weighted by atomic mass is 10.3. The number of esters is 1. The molecule has 0 aliphatic heterocycles. The molecular formula is C13H9Cl4N3O3S. The maximum Gasteiger partial charge on any atom is 0.350 e. The maximum absolute atomic E-state index is 12.3. The van der Waals surface area contributed by atoms with Crippen LogP contribution in [-0.2, 0) is 4.74 Å². The molecule has 0 aliphatic rings. The number of nitrogens with zero attached hydrogens (tertiary/aromatic N) is 2. The topological polar surface area (TPSA) is 81.2 Å². The lowest BCUT2D eigenvalue weighted by Crippen LogP contribution is -2.14. The first-order chi connectivity index (χ1) is 11.3. The summed E-state index contributed by atoms with van der Waals surface area (Å²) in [6, 6.07) is 0. The number of nitrogens with one attached hydrogen (secondary N) is 1. The molecule has 11 heteroatoms. The molecular weight excluding hydrogens is 420 g/mol. The minimum absolute atomic E-state index is 0.0467. The Morgan fingerprint density at radius 3 is 2.42 bits per heavy atom. The highest BCUT2D eigenvalue weighted by Gasteiger charge is 2.23. The van der Waals surface area contributed by atoms with E-state index in [4.69, 9.17) is 51.1 Å². The van der Waals surface area contributed by atoms with E-state index in [0.717, 1.165) is 11.3 Å². The number of halogens is 4. The third kappa shape index (κ3) is 3.92. The molecule has 1 amide bonds. The quantitative estimate of drug-likeness (QED) is 0.553. The lowest BCUT2D eigenvalue weighted by molar-refractivity contribution is 0.0531. The van der Waals surface area contributed by atoms with Crippen LogP contribution in [0.2, 0.25) is 20.2 Å². The molecule has 2 heterocycles. The van der Waals surface area contributed by atoms with Gasteiger partial charge in [-0.15, -0.1) is 0 Å². The Balaban J connectivity index is 2.28. The van der Waals surface area contributed by atoms with Crippen LogP contribution < -0.4 is 5.32 Å². The number of hydrogen-bond donors (Lipinski definition) is 1. The predicted octanol–water partition coefficient (Wildman–Crippen LogP) is 4.89. The molecule has 2 aromatic heterocycles. The number of aryl methyl sites for hydroxylation is 1. The van der Waals surface area contributed by atoms with E-state index >= 15 is 0 Å². The van der Waals surface area contributed by atoms with E-state index in [1.807, 2.05) is 0 Å². The van der Waals surface area contributed by atoms with Gasteiger partial charge in [0.15, 0.2) is 10.8 Å². The molecule has 0 saturated heterocycles. The second-order valence-electron chi connectivity index (χ2n) is 4.30. The van der Waals surface area contributed by atoms with Crippen molar-refractivity contribution in [2.24, 2.45) is 0 Å². The SMILES string of the molecule is CCOC(=O)c1sc(NC(=O)c2nc(Cl)c(Cl)c(Cl)c2Cl)nc1C. The summed E-state index contributed by atoms with van der Waals surface area (Å²) in [6.07, 6.45) is 0. The third-order valence-corrected chi connectivity index (χ3v) is 5.41. The van der Waals surface area contributed by atoms with Gasteiger partial charge in [0.1, 0.15) is 10.0 Å². The van der Waals surface area contributed by atoms with Crippen molar-refractivity contribution >= 4 is 74.7 Å². The van der Waals surface area contributed by atoms with Crippen molar-refractivity contribution in [3.05, 3.63) is 36.5 Å². The van der Waals surface area contributed by atoms with Crippen molar-refractivity contribution in [3.63, 3.8) is 0 Å². The highest BCUT2D eigenvalue weighted by Crippen LogP contribution is 2.36. The molecule has 0 bridgehead atoms. The van der Waals surface area contributed by atoms with Crippen LogP contribution in [0, 0.1) is 6.92 Å². The smallest absolute Gasteiger partial charge is 0.350 e. The molecule has 0 spiro atoms. The molecule has 0 aliphatic carbocycles. The van der Waals surface area contributed by atoms with Gasteiger partial charge >= 0.3 is 5.97 Å². The van der Waals surface area contributed by atoms with Crippen molar-refractivity contribution in [1.82, 2.24) is 9.97 Å². The number of carbonyl (C=O) groups is 2. The summed E-state index contributed by atoms with van der Waals surface area (Å²) < 4.78 is 4.91. The fraction of sp³-hybridized carbons (Fsp3) is 0.231. The van der Waals surface area contributed by atoms with Gasteiger partial charge in [-0.1, -0.05) is 57.7 Å². The van der Waals surface area contributed by atoms with E-state index in [1.54, 1.807) is 13.8 Å². The second-order valence-corrected chi connectivity index (χ2v) is 6.79. The fourth-order valence-electron chi connectivity index (χ4n) is 1.63. The molecule has 2 rings (SSSR count). The van der Waals surface area contributed by atoms with E-state index in [1.165, 1.54) is 0 Å². The van der Waals surface area contributed by atoms with Gasteiger partial charge in [0.2, 0.25) is 0 Å². The Bertz CT molecular complexity index is 825. The van der Waals surface area contributed by atoms with Crippen molar-refractivity contribution < 1.29 is 14.3 Å². The zero-order valence-electron chi connectivity index (χ0n) is 12.2. The van der Waals surface area contributed by atoms with Gasteiger partial charge in [-0.3, -0.25) is 10.1 Å². The number of amides is 1. The number of pyridine rings is 1. The number of hydrogen-bond acceptors (Lipinski definition) is 6. The maximum atomic E-state index is 12.3. The van der Waals surface area contributed by atoms with Crippen LogP contribution in [0.15, 0.2) is 0 Å². The Morgan fingerprint density at radius 2 is 1.79 bits per heavy atom. The van der Waals surface area contributed by atoms with E-state index in [2.05, 4.69) is 15.3 Å². The van der Waals surface area contributed by atoms with Gasteiger partial charge in [-0.25, -0.2) is 14.8 Å². The van der Waals surface area contributed by atoms with Crippen LogP contribution in [0.25, 0.3) is 0 Å². The molecule has 0 atom stereocenters. The highest BCUT2D eigenvalue weighted by molar-refractivity contribution is 7.17. The van der Waals surface area contributed by atoms with Gasteiger partial charge in [0, 0.05) is 0 Å². The predicted molar refractivity (Wildman–Crippen MR) is 95.0 cm³/mol. The molecule has 0 saturated carbocycles. The average molecular weight is 429 g/mol. The lowest BCUT2D eigenvalue weighted by Gasteiger charge is -2.07. The molecule has 0 fully saturated rings. The normalized spacial score (nSPS) is 10.6. The fourth-order valence-corrected chi connectivity index (χ4v) is 3.30. The number of carbonyl (C=O) groups excluding carboxylic acids is 2. The summed E-state index contributed by atoms with van der Waals surface area (Å²) in [5.74, 6) is -1.20. The molecule has 24 heavy (non-hydrogen) atoms. The van der Waals surface area contributed by atoms with Gasteiger partial charge in [-0.05, 0) is 13.8 Å². The summed E-state index contributed by atoms with van der Waals surface area (Å²) in [6.45, 7) is 3.55. The zero-order chi connectivity index (χ0) is 18.0. The average Bonchev–Trinajstić information content (AvgIpc) is 2.89. The van der Waals surface area contributed by atoms with Crippen molar-refractivity contribution in [1.29, 1.82) is 0 Å². The minimum Gasteiger partial charge on any atom is -0.462 e. The molecule has 6 nitrogen and oxygen atoms in total. The Hall–Kier alpha value is -1.12. The number of aromatic nitrogens is 2. The van der Waals surface area contributed by atoms with E-state index in [0.29, 0.717) is 10.6 Å². The van der Waals surface area contributed by atoms with E-state index in [-0.39, 0.29) is 37.7 Å². The molecule has 1 N–H and O–H groups in total. The van der Waals surface area contributed by atoms with Gasteiger partial charge in [0.25, 0.3) is 5.91 Å². The summed E-state index contributed by atoms with van der Waals surface area (Å²) in [4.78, 5) is 32.3. The number of thiazole rings is 1. The van der Waals surface area contributed by atoms with Gasteiger partial charge < -0.3 is 4.74 Å². The molecule has 0 unspecified atom stereocenters. The van der Waals surface area contributed by atoms with Crippen LogP contribution >= 0.6 is 57.7 Å². The monoisotopic (exact) mass is 427 g/mol. The van der Waals surface area contributed by atoms with Crippen LogP contribution in [0.1, 0.15) is 32.8 Å². The third-order valence-electron chi connectivity index (χ3n) is 2.68. The second kappa shape index (κ2) is 7.84. The van der Waals surface area contributed by atoms with Crippen LogP contribution in [0.4, 0.5) is 5.13 Å². The van der Waals surface area contributed by atoms with Crippen LogP contribution in [0.3, 0.4) is 0 Å². The first-order valence-corrected chi connectivity index (χ1v) is 8.75. The van der Waals surface area contributed by atoms with Crippen molar-refractivity contribution in [2.45, 2.75) is 13.8 Å². The first-order valence-electron chi connectivity index (χ1n) is 6.42. The Morgan fingerprint density at radius 1 is 1.12 bits per heavy atom. The summed E-state index contributed by atoms with van der Waals surface area (Å²) in [7, 11) is 0. The highest BCUT2D eigenvalue weighted by atomic mass is 35.5. The molecule has 2 aromatic rings. The summed E-state index contributed by atoms with van der Waals surface area (Å²) in [5.41, 5.74) is 0.224. The van der Waals surface area contributed by atoms with Gasteiger partial charge in [-0.2, -0.15) is 0 Å². The number of ether oxygens (including phenoxy) is 1. The standard InChI is InChI=1S/C13H9Cl4N3O3S/c1-3-23-12(22)9-4(2)18-13(24-9)20-11(21)8-6(15)5(14)7(16)10(17)19-8/h3H2,1-2H3,(H,18,20,21). The van der Waals surface area contributed by atoms with E-state index in [9.17, 15) is 9.59 Å².